The molecule has 1 N–H and O–H groups in total. The topological polar surface area (TPSA) is 110 Å². The maximum absolute atomic E-state index is 15.1. The first kappa shape index (κ1) is 23.0. The van der Waals surface area contributed by atoms with Gasteiger partial charge < -0.3 is 4.90 Å². The third kappa shape index (κ3) is 4.00. The first-order valence-corrected chi connectivity index (χ1v) is 13.0. The highest BCUT2D eigenvalue weighted by atomic mass is 32.2. The molecule has 1 aliphatic heterocycles. The molecule has 9 nitrogen and oxygen atoms in total. The number of likely N-dealkylation sites (tertiary alicyclic amines) is 1. The fourth-order valence-corrected chi connectivity index (χ4v) is 6.15. The maximum Gasteiger partial charge on any atom is 0.331 e. The van der Waals surface area contributed by atoms with Crippen molar-refractivity contribution in [1.29, 1.82) is 0 Å². The molecular weight excluding hydrogens is 463 g/mol. The second-order valence-corrected chi connectivity index (χ2v) is 11.6. The van der Waals surface area contributed by atoms with E-state index >= 15 is 4.39 Å². The van der Waals surface area contributed by atoms with Gasteiger partial charge in [0.1, 0.15) is 10.7 Å². The van der Waals surface area contributed by atoms with E-state index in [-0.39, 0.29) is 29.3 Å². The monoisotopic (exact) mass is 490 g/mol. The molecule has 1 atom stereocenters. The van der Waals surface area contributed by atoms with Crippen LogP contribution in [-0.4, -0.2) is 47.0 Å². The van der Waals surface area contributed by atoms with Gasteiger partial charge in [-0.25, -0.2) is 22.3 Å². The van der Waals surface area contributed by atoms with Crippen molar-refractivity contribution in [3.8, 4) is 0 Å². The Balaban J connectivity index is 1.68. The summed E-state index contributed by atoms with van der Waals surface area (Å²) in [5, 5.41) is -0.0310. The molecule has 2 aliphatic carbocycles. The van der Waals surface area contributed by atoms with E-state index in [0.29, 0.717) is 32.4 Å². The number of aromatic nitrogens is 2. The summed E-state index contributed by atoms with van der Waals surface area (Å²) in [6.07, 6.45) is 4.73. The molecule has 34 heavy (non-hydrogen) atoms. The summed E-state index contributed by atoms with van der Waals surface area (Å²) in [5.74, 6) is -1.05. The Hall–Kier alpha value is -2.79. The zero-order valence-corrected chi connectivity index (χ0v) is 19.7. The van der Waals surface area contributed by atoms with Crippen LogP contribution in [0, 0.1) is 11.7 Å². The molecule has 11 heteroatoms. The molecule has 0 radical (unpaired) electrons. The Kier molecular flexibility index (Phi) is 5.32. The van der Waals surface area contributed by atoms with Gasteiger partial charge in [0.05, 0.1) is 16.9 Å². The normalized spacial score (nSPS) is 21.7. The summed E-state index contributed by atoms with van der Waals surface area (Å²) in [4.78, 5) is 39.9. The SMILES string of the molecule is C=CC(=O)N1CC[C@@H](n2c(=O)c3cc(S(=O)(=O)NC4(C)CC4)c(F)cc3n(CC3CC3)c2=O)C1. The molecular formula is C23H27FN4O5S. The molecule has 1 saturated heterocycles. The average Bonchev–Trinajstić information content (AvgIpc) is 3.69. The van der Waals surface area contributed by atoms with Crippen molar-refractivity contribution in [2.45, 2.75) is 62.0 Å². The molecule has 1 aromatic carbocycles. The number of benzene rings is 1. The molecule has 2 heterocycles. The van der Waals surface area contributed by atoms with E-state index in [9.17, 15) is 22.8 Å². The Labute approximate surface area is 195 Å². The molecule has 182 valence electrons. The number of rotatable bonds is 7. The Morgan fingerprint density at radius 1 is 1.26 bits per heavy atom. The second kappa shape index (κ2) is 7.88. The van der Waals surface area contributed by atoms with Crippen LogP contribution < -0.4 is 16.0 Å². The van der Waals surface area contributed by atoms with Crippen LogP contribution in [0.4, 0.5) is 4.39 Å². The summed E-state index contributed by atoms with van der Waals surface area (Å²) in [7, 11) is -4.21. The molecule has 1 aromatic heterocycles. The summed E-state index contributed by atoms with van der Waals surface area (Å²) >= 11 is 0. The fourth-order valence-electron chi connectivity index (χ4n) is 4.60. The molecule has 0 bridgehead atoms. The van der Waals surface area contributed by atoms with Gasteiger partial charge in [-0.15, -0.1) is 0 Å². The van der Waals surface area contributed by atoms with Crippen molar-refractivity contribution < 1.29 is 17.6 Å². The van der Waals surface area contributed by atoms with Crippen molar-refractivity contribution in [2.24, 2.45) is 5.92 Å². The Morgan fingerprint density at radius 3 is 2.59 bits per heavy atom. The molecule has 5 rings (SSSR count). The van der Waals surface area contributed by atoms with E-state index in [4.69, 9.17) is 0 Å². The Morgan fingerprint density at radius 2 is 1.97 bits per heavy atom. The Bertz CT molecular complexity index is 1440. The maximum atomic E-state index is 15.1. The fraction of sp³-hybridized carbons (Fsp3) is 0.522. The van der Waals surface area contributed by atoms with Crippen LogP contribution in [0.15, 0.2) is 39.3 Å². The lowest BCUT2D eigenvalue weighted by Crippen LogP contribution is -2.44. The molecule has 0 spiro atoms. The van der Waals surface area contributed by atoms with Gasteiger partial charge in [0.15, 0.2) is 0 Å². The van der Waals surface area contributed by atoms with Gasteiger partial charge in [-0.3, -0.25) is 18.7 Å². The lowest BCUT2D eigenvalue weighted by Gasteiger charge is -2.20. The van der Waals surface area contributed by atoms with Gasteiger partial charge in [0.25, 0.3) is 5.56 Å². The third-order valence-electron chi connectivity index (χ3n) is 7.05. The van der Waals surface area contributed by atoms with Crippen LogP contribution in [0.25, 0.3) is 10.9 Å². The standard InChI is InChI=1S/C23H27FN4O5S/c1-3-20(29)26-9-6-15(13-26)28-21(30)16-10-19(34(32,33)25-23(2)7-8-23)17(24)11-18(16)27(22(28)31)12-14-4-5-14/h3,10-11,14-15,25H,1,4-9,12-13H2,2H3/t15-/m1/s1. The highest BCUT2D eigenvalue weighted by Crippen LogP contribution is 2.36. The first-order valence-electron chi connectivity index (χ1n) is 11.5. The summed E-state index contributed by atoms with van der Waals surface area (Å²) in [6.45, 7) is 6.07. The molecule has 3 aliphatic rings. The number of sulfonamides is 1. The highest BCUT2D eigenvalue weighted by Gasteiger charge is 2.42. The van der Waals surface area contributed by atoms with Crippen LogP contribution in [0.5, 0.6) is 0 Å². The molecule has 2 aromatic rings. The zero-order valence-electron chi connectivity index (χ0n) is 18.9. The van der Waals surface area contributed by atoms with Crippen LogP contribution in [0.1, 0.15) is 45.1 Å². The minimum absolute atomic E-state index is 0.0310. The van der Waals surface area contributed by atoms with Gasteiger partial charge in [0, 0.05) is 25.2 Å². The summed E-state index contributed by atoms with van der Waals surface area (Å²) in [5.41, 5.74) is -1.78. The molecule has 3 fully saturated rings. The van der Waals surface area contributed by atoms with Crippen LogP contribution in [0.2, 0.25) is 0 Å². The predicted octanol–water partition coefficient (Wildman–Crippen LogP) is 1.50. The predicted molar refractivity (Wildman–Crippen MR) is 124 cm³/mol. The van der Waals surface area contributed by atoms with E-state index in [2.05, 4.69) is 11.3 Å². The molecule has 2 saturated carbocycles. The number of fused-ring (bicyclic) bond motifs is 1. The van der Waals surface area contributed by atoms with E-state index in [1.54, 1.807) is 6.92 Å². The van der Waals surface area contributed by atoms with Gasteiger partial charge in [-0.05, 0) is 63.2 Å². The van der Waals surface area contributed by atoms with Crippen LogP contribution >= 0.6 is 0 Å². The minimum atomic E-state index is -4.21. The lowest BCUT2D eigenvalue weighted by atomic mass is 10.2. The minimum Gasteiger partial charge on any atom is -0.337 e. The van der Waals surface area contributed by atoms with Gasteiger partial charge in [-0.1, -0.05) is 6.58 Å². The second-order valence-electron chi connectivity index (χ2n) is 9.91. The van der Waals surface area contributed by atoms with Crippen molar-refractivity contribution in [3.63, 3.8) is 0 Å². The number of nitrogens with one attached hydrogen (secondary N) is 1. The number of hydrogen-bond donors (Lipinski definition) is 1. The number of carbonyl (C=O) groups excluding carboxylic acids is 1. The van der Waals surface area contributed by atoms with E-state index in [1.165, 1.54) is 15.5 Å². The summed E-state index contributed by atoms with van der Waals surface area (Å²) in [6, 6.07) is 1.46. The van der Waals surface area contributed by atoms with Gasteiger partial charge >= 0.3 is 5.69 Å². The van der Waals surface area contributed by atoms with E-state index < -0.39 is 43.6 Å². The highest BCUT2D eigenvalue weighted by molar-refractivity contribution is 7.89. The number of halogens is 1. The van der Waals surface area contributed by atoms with Crippen molar-refractivity contribution in [2.75, 3.05) is 13.1 Å². The summed E-state index contributed by atoms with van der Waals surface area (Å²) < 4.78 is 45.9. The van der Waals surface area contributed by atoms with Gasteiger partial charge in [0.2, 0.25) is 15.9 Å². The van der Waals surface area contributed by atoms with Gasteiger partial charge in [-0.2, -0.15) is 0 Å². The van der Waals surface area contributed by atoms with E-state index in [1.807, 2.05) is 0 Å². The number of hydrogen-bond acceptors (Lipinski definition) is 5. The quantitative estimate of drug-likeness (QED) is 0.592. The largest absolute Gasteiger partial charge is 0.337 e. The van der Waals surface area contributed by atoms with Crippen molar-refractivity contribution in [3.05, 3.63) is 51.4 Å². The molecule has 0 unspecified atom stereocenters. The smallest absolute Gasteiger partial charge is 0.331 e. The van der Waals surface area contributed by atoms with Crippen LogP contribution in [0.3, 0.4) is 0 Å². The first-order chi connectivity index (χ1) is 16.0. The van der Waals surface area contributed by atoms with Crippen LogP contribution in [-0.2, 0) is 21.4 Å². The number of carbonyl (C=O) groups is 1. The zero-order chi connectivity index (χ0) is 24.4. The third-order valence-corrected chi connectivity index (χ3v) is 8.70. The lowest BCUT2D eigenvalue weighted by molar-refractivity contribution is -0.125. The van der Waals surface area contributed by atoms with Crippen molar-refractivity contribution in [1.82, 2.24) is 18.8 Å². The van der Waals surface area contributed by atoms with E-state index in [0.717, 1.165) is 29.5 Å². The number of nitrogens with zero attached hydrogens (tertiary/aromatic N) is 3. The van der Waals surface area contributed by atoms with Crippen molar-refractivity contribution >= 4 is 26.8 Å². The number of amides is 1. The molecule has 1 amide bonds. The average molecular weight is 491 g/mol.